The molecule has 0 radical (unpaired) electrons. The molecule has 5 rings (SSSR count). The van der Waals surface area contributed by atoms with Gasteiger partial charge in [0.25, 0.3) is 11.8 Å². The molecule has 32 heavy (non-hydrogen) atoms. The van der Waals surface area contributed by atoms with Gasteiger partial charge in [-0.15, -0.1) is 0 Å². The number of imide groups is 2. The minimum absolute atomic E-state index is 0.113. The number of nitrogens with one attached hydrogen (secondary N) is 1. The first-order valence-electron chi connectivity index (χ1n) is 10.2. The molecule has 4 aromatic rings. The van der Waals surface area contributed by atoms with E-state index in [0.717, 1.165) is 33.3 Å². The smallest absolute Gasteiger partial charge is 0.335 e. The number of fused-ring (bicyclic) bond motifs is 3. The minimum Gasteiger partial charge on any atom is -0.341 e. The van der Waals surface area contributed by atoms with E-state index in [4.69, 9.17) is 11.6 Å². The summed E-state index contributed by atoms with van der Waals surface area (Å²) in [6.07, 6.45) is 1.52. The van der Waals surface area contributed by atoms with Gasteiger partial charge in [0.15, 0.2) is 0 Å². The molecule has 0 saturated carbocycles. The van der Waals surface area contributed by atoms with Crippen molar-refractivity contribution in [3.8, 4) is 0 Å². The zero-order valence-electron chi connectivity index (χ0n) is 17.1. The summed E-state index contributed by atoms with van der Waals surface area (Å²) >= 11 is 5.91. The van der Waals surface area contributed by atoms with Crippen LogP contribution < -0.4 is 10.2 Å². The van der Waals surface area contributed by atoms with Crippen LogP contribution in [0.25, 0.3) is 27.9 Å². The monoisotopic (exact) mass is 443 g/mol. The quantitative estimate of drug-likeness (QED) is 0.352. The summed E-state index contributed by atoms with van der Waals surface area (Å²) in [7, 11) is 0. The molecule has 1 N–H and O–H groups in total. The average Bonchev–Trinajstić information content (AvgIpc) is 3.11. The molecule has 1 aliphatic heterocycles. The van der Waals surface area contributed by atoms with Crippen LogP contribution in [0.4, 0.5) is 10.5 Å². The van der Waals surface area contributed by atoms with Gasteiger partial charge >= 0.3 is 6.03 Å². The number of carbonyl (C=O) groups is 3. The highest BCUT2D eigenvalue weighted by Crippen LogP contribution is 2.31. The molecule has 0 spiro atoms. The number of urea groups is 1. The Balaban J connectivity index is 1.60. The second-order valence-corrected chi connectivity index (χ2v) is 7.91. The lowest BCUT2D eigenvalue weighted by Crippen LogP contribution is -2.54. The first kappa shape index (κ1) is 20.0. The lowest BCUT2D eigenvalue weighted by Gasteiger charge is -2.26. The summed E-state index contributed by atoms with van der Waals surface area (Å²) in [6.45, 7) is 2.92. The molecular formula is C25H18ClN3O3. The van der Waals surface area contributed by atoms with E-state index < -0.39 is 17.8 Å². The Labute approximate surface area is 188 Å². The van der Waals surface area contributed by atoms with Crippen LogP contribution in [0.1, 0.15) is 12.5 Å². The molecule has 2 heterocycles. The Hall–Kier alpha value is -3.90. The molecule has 7 heteroatoms. The summed E-state index contributed by atoms with van der Waals surface area (Å²) in [5.74, 6) is -1.40. The van der Waals surface area contributed by atoms with Crippen molar-refractivity contribution in [2.45, 2.75) is 13.5 Å². The van der Waals surface area contributed by atoms with Gasteiger partial charge in [-0.2, -0.15) is 0 Å². The molecule has 0 unspecified atom stereocenters. The number of carbonyl (C=O) groups excluding carboxylic acids is 3. The van der Waals surface area contributed by atoms with Gasteiger partial charge in [0, 0.05) is 33.4 Å². The molecule has 1 saturated heterocycles. The number of hydrogen-bond donors (Lipinski definition) is 1. The van der Waals surface area contributed by atoms with Crippen LogP contribution in [0.5, 0.6) is 0 Å². The van der Waals surface area contributed by atoms with E-state index in [-0.39, 0.29) is 5.57 Å². The van der Waals surface area contributed by atoms with Crippen molar-refractivity contribution in [2.24, 2.45) is 0 Å². The maximum absolute atomic E-state index is 13.1. The number of benzene rings is 3. The molecule has 1 aromatic heterocycles. The number of halogens is 1. The third kappa shape index (κ3) is 3.16. The van der Waals surface area contributed by atoms with Gasteiger partial charge in [-0.05, 0) is 61.0 Å². The molecule has 1 aliphatic rings. The van der Waals surface area contributed by atoms with E-state index in [1.165, 1.54) is 6.08 Å². The normalized spacial score (nSPS) is 15.8. The molecule has 158 valence electrons. The fraction of sp³-hybridized carbons (Fsp3) is 0.0800. The molecule has 0 atom stereocenters. The number of aromatic nitrogens is 1. The first-order chi connectivity index (χ1) is 15.5. The number of para-hydroxylation sites is 1. The number of amides is 4. The van der Waals surface area contributed by atoms with Crippen LogP contribution in [-0.2, 0) is 16.1 Å². The molecule has 6 nitrogen and oxygen atoms in total. The summed E-state index contributed by atoms with van der Waals surface area (Å²) in [5.41, 5.74) is 3.12. The van der Waals surface area contributed by atoms with Crippen molar-refractivity contribution in [3.05, 3.63) is 82.9 Å². The predicted octanol–water partition coefficient (Wildman–Crippen LogP) is 5.13. The number of nitrogens with zero attached hydrogens (tertiary/aromatic N) is 2. The number of hydrogen-bond acceptors (Lipinski definition) is 3. The SMILES string of the molecule is CCn1c2ccccc2c2cc(/C=C3\C(=O)NC(=O)N(c4ccc(Cl)cc4)C3=O)ccc21. The second-order valence-electron chi connectivity index (χ2n) is 7.47. The Morgan fingerprint density at radius 1 is 0.906 bits per heavy atom. The van der Waals surface area contributed by atoms with Crippen LogP contribution >= 0.6 is 11.6 Å². The Morgan fingerprint density at radius 3 is 2.38 bits per heavy atom. The third-order valence-electron chi connectivity index (χ3n) is 5.61. The fourth-order valence-corrected chi connectivity index (χ4v) is 4.28. The van der Waals surface area contributed by atoms with Crippen molar-refractivity contribution >= 4 is 63.0 Å². The summed E-state index contributed by atoms with van der Waals surface area (Å²) in [4.78, 5) is 38.9. The number of barbiturate groups is 1. The van der Waals surface area contributed by atoms with Crippen molar-refractivity contribution in [2.75, 3.05) is 4.90 Å². The van der Waals surface area contributed by atoms with E-state index in [9.17, 15) is 14.4 Å². The van der Waals surface area contributed by atoms with E-state index in [1.807, 2.05) is 30.3 Å². The zero-order valence-corrected chi connectivity index (χ0v) is 17.9. The Kier molecular flexibility index (Phi) is 4.79. The second kappa shape index (κ2) is 7.66. The number of rotatable bonds is 3. The predicted molar refractivity (Wildman–Crippen MR) is 126 cm³/mol. The van der Waals surface area contributed by atoms with Crippen molar-refractivity contribution < 1.29 is 14.4 Å². The lowest BCUT2D eigenvalue weighted by atomic mass is 10.0. The van der Waals surface area contributed by atoms with Crippen molar-refractivity contribution in [3.63, 3.8) is 0 Å². The van der Waals surface area contributed by atoms with Crippen LogP contribution in [0, 0.1) is 0 Å². The molecule has 4 amide bonds. The topological polar surface area (TPSA) is 71.4 Å². The highest BCUT2D eigenvalue weighted by molar-refractivity contribution is 6.39. The number of aryl methyl sites for hydroxylation is 1. The van der Waals surface area contributed by atoms with E-state index in [0.29, 0.717) is 16.3 Å². The minimum atomic E-state index is -0.791. The molecule has 3 aromatic carbocycles. The van der Waals surface area contributed by atoms with Gasteiger partial charge in [-0.3, -0.25) is 14.9 Å². The fourth-order valence-electron chi connectivity index (χ4n) is 4.15. The van der Waals surface area contributed by atoms with Gasteiger partial charge < -0.3 is 4.57 Å². The zero-order chi connectivity index (χ0) is 22.4. The standard InChI is InChI=1S/C25H18ClN3O3/c1-2-28-21-6-4-3-5-18(21)19-13-15(7-12-22(19)28)14-20-23(30)27-25(32)29(24(20)31)17-10-8-16(26)9-11-17/h3-14H,2H2,1H3,(H,27,30,32)/b20-14+. The molecule has 0 aliphatic carbocycles. The third-order valence-corrected chi connectivity index (χ3v) is 5.86. The van der Waals surface area contributed by atoms with Gasteiger partial charge in [0.05, 0.1) is 5.69 Å². The Morgan fingerprint density at radius 2 is 1.62 bits per heavy atom. The van der Waals surface area contributed by atoms with E-state index in [1.54, 1.807) is 24.3 Å². The number of anilines is 1. The molecular weight excluding hydrogens is 426 g/mol. The van der Waals surface area contributed by atoms with Crippen molar-refractivity contribution in [1.82, 2.24) is 9.88 Å². The summed E-state index contributed by atoms with van der Waals surface area (Å²) in [6, 6.07) is 19.4. The molecule has 0 bridgehead atoms. The van der Waals surface area contributed by atoms with Gasteiger partial charge in [0.1, 0.15) is 5.57 Å². The summed E-state index contributed by atoms with van der Waals surface area (Å²) < 4.78 is 2.22. The highest BCUT2D eigenvalue weighted by atomic mass is 35.5. The Bertz CT molecular complexity index is 1450. The average molecular weight is 444 g/mol. The lowest BCUT2D eigenvalue weighted by molar-refractivity contribution is -0.122. The van der Waals surface area contributed by atoms with Crippen LogP contribution in [0.3, 0.4) is 0 Å². The maximum Gasteiger partial charge on any atom is 0.335 e. The molecule has 1 fully saturated rings. The van der Waals surface area contributed by atoms with Crippen LogP contribution in [0.15, 0.2) is 72.3 Å². The van der Waals surface area contributed by atoms with Crippen LogP contribution in [0.2, 0.25) is 5.02 Å². The largest absolute Gasteiger partial charge is 0.341 e. The summed E-state index contributed by atoms with van der Waals surface area (Å²) in [5, 5.41) is 4.85. The highest BCUT2D eigenvalue weighted by Gasteiger charge is 2.36. The van der Waals surface area contributed by atoms with E-state index >= 15 is 0 Å². The van der Waals surface area contributed by atoms with E-state index in [2.05, 4.69) is 28.9 Å². The first-order valence-corrected chi connectivity index (χ1v) is 10.5. The van der Waals surface area contributed by atoms with Gasteiger partial charge in [-0.1, -0.05) is 35.9 Å². The van der Waals surface area contributed by atoms with Crippen molar-refractivity contribution in [1.29, 1.82) is 0 Å². The maximum atomic E-state index is 13.1. The van der Waals surface area contributed by atoms with Gasteiger partial charge in [0.2, 0.25) is 0 Å². The van der Waals surface area contributed by atoms with Crippen LogP contribution in [-0.4, -0.2) is 22.4 Å². The van der Waals surface area contributed by atoms with Gasteiger partial charge in [-0.25, -0.2) is 9.69 Å².